The van der Waals surface area contributed by atoms with Crippen molar-refractivity contribution < 1.29 is 13.2 Å². The fraction of sp³-hybridized carbons (Fsp3) is 0.345. The molecule has 0 aliphatic carbocycles. The lowest BCUT2D eigenvalue weighted by Crippen LogP contribution is -2.41. The number of likely N-dealkylation sites (tertiary alicyclic amines) is 1. The van der Waals surface area contributed by atoms with E-state index in [-0.39, 0.29) is 17.3 Å². The van der Waals surface area contributed by atoms with E-state index in [4.69, 9.17) is 0 Å². The molecule has 6 nitrogen and oxygen atoms in total. The average Bonchev–Trinajstić information content (AvgIpc) is 2.89. The van der Waals surface area contributed by atoms with Gasteiger partial charge in [0, 0.05) is 13.1 Å². The maximum absolute atomic E-state index is 13.6. The molecule has 190 valence electrons. The van der Waals surface area contributed by atoms with Crippen molar-refractivity contribution in [1.82, 2.24) is 10.2 Å². The van der Waals surface area contributed by atoms with Gasteiger partial charge >= 0.3 is 0 Å². The highest BCUT2D eigenvalue weighted by atomic mass is 32.2. The molecule has 0 saturated carbocycles. The molecule has 36 heavy (non-hydrogen) atoms. The van der Waals surface area contributed by atoms with Gasteiger partial charge in [-0.15, -0.1) is 0 Å². The topological polar surface area (TPSA) is 69.7 Å². The summed E-state index contributed by atoms with van der Waals surface area (Å²) in [5.41, 5.74) is 4.75. The van der Waals surface area contributed by atoms with Crippen molar-refractivity contribution >= 4 is 21.6 Å². The lowest BCUT2D eigenvalue weighted by Gasteiger charge is -2.27. The van der Waals surface area contributed by atoms with Gasteiger partial charge < -0.3 is 5.32 Å². The van der Waals surface area contributed by atoms with Gasteiger partial charge in [-0.25, -0.2) is 8.42 Å². The van der Waals surface area contributed by atoms with Crippen LogP contribution in [-0.2, 0) is 27.9 Å². The predicted octanol–water partition coefficient (Wildman–Crippen LogP) is 4.80. The molecule has 0 spiro atoms. The summed E-state index contributed by atoms with van der Waals surface area (Å²) in [7, 11) is -3.92. The minimum Gasteiger partial charge on any atom is -0.350 e. The zero-order valence-electron chi connectivity index (χ0n) is 21.1. The Hall–Kier alpha value is -3.16. The molecule has 7 heteroatoms. The van der Waals surface area contributed by atoms with Crippen molar-refractivity contribution in [2.45, 2.75) is 51.1 Å². The van der Waals surface area contributed by atoms with Gasteiger partial charge in [-0.3, -0.25) is 14.0 Å². The monoisotopic (exact) mass is 505 g/mol. The fourth-order valence-electron chi connectivity index (χ4n) is 4.54. The SMILES string of the molecule is Cc1ccc(N(CC(=O)NCc2ccccc2CN2CCCCC2)S(=O)(=O)c2ccccc2)cc1C. The smallest absolute Gasteiger partial charge is 0.264 e. The van der Waals surface area contributed by atoms with Crippen LogP contribution in [0.1, 0.15) is 41.5 Å². The number of nitrogens with one attached hydrogen (secondary N) is 1. The van der Waals surface area contributed by atoms with Crippen LogP contribution in [0, 0.1) is 13.8 Å². The van der Waals surface area contributed by atoms with Crippen molar-refractivity contribution in [3.8, 4) is 0 Å². The predicted molar refractivity (Wildman–Crippen MR) is 144 cm³/mol. The Morgan fingerprint density at radius 3 is 2.22 bits per heavy atom. The Balaban J connectivity index is 1.51. The number of hydrogen-bond acceptors (Lipinski definition) is 4. The van der Waals surface area contributed by atoms with E-state index in [0.717, 1.165) is 36.3 Å². The zero-order chi connectivity index (χ0) is 25.5. The first-order valence-electron chi connectivity index (χ1n) is 12.6. The molecule has 4 rings (SSSR count). The lowest BCUT2D eigenvalue weighted by molar-refractivity contribution is -0.119. The third kappa shape index (κ3) is 6.33. The maximum atomic E-state index is 13.6. The van der Waals surface area contributed by atoms with Gasteiger partial charge in [0.25, 0.3) is 10.0 Å². The first kappa shape index (κ1) is 25.9. The van der Waals surface area contributed by atoms with Crippen molar-refractivity contribution in [3.63, 3.8) is 0 Å². The van der Waals surface area contributed by atoms with E-state index in [1.165, 1.54) is 29.1 Å². The summed E-state index contributed by atoms with van der Waals surface area (Å²) in [5.74, 6) is -0.347. The van der Waals surface area contributed by atoms with Gasteiger partial charge in [-0.05, 0) is 86.3 Å². The fourth-order valence-corrected chi connectivity index (χ4v) is 5.97. The average molecular weight is 506 g/mol. The Morgan fingerprint density at radius 2 is 1.53 bits per heavy atom. The molecule has 3 aromatic carbocycles. The minimum atomic E-state index is -3.92. The van der Waals surface area contributed by atoms with Gasteiger partial charge in [-0.1, -0.05) is 55.0 Å². The van der Waals surface area contributed by atoms with Crippen LogP contribution >= 0.6 is 0 Å². The summed E-state index contributed by atoms with van der Waals surface area (Å²) in [6, 6.07) is 21.8. The number of rotatable bonds is 9. The molecule has 0 atom stereocenters. The van der Waals surface area contributed by atoms with Gasteiger partial charge in [0.1, 0.15) is 6.54 Å². The quantitative estimate of drug-likeness (QED) is 0.454. The molecule has 1 fully saturated rings. The Kier molecular flexibility index (Phi) is 8.44. The number of aryl methyl sites for hydroxylation is 2. The van der Waals surface area contributed by atoms with Crippen molar-refractivity contribution in [2.24, 2.45) is 0 Å². The van der Waals surface area contributed by atoms with E-state index in [1.807, 2.05) is 44.2 Å². The molecule has 1 heterocycles. The Morgan fingerprint density at radius 1 is 0.861 bits per heavy atom. The number of hydrogen-bond donors (Lipinski definition) is 1. The molecule has 0 bridgehead atoms. The molecule has 3 aromatic rings. The van der Waals surface area contributed by atoms with Crippen LogP contribution in [0.25, 0.3) is 0 Å². The lowest BCUT2D eigenvalue weighted by atomic mass is 10.0. The number of nitrogens with zero attached hydrogens (tertiary/aromatic N) is 2. The van der Waals surface area contributed by atoms with Crippen LogP contribution in [0.5, 0.6) is 0 Å². The highest BCUT2D eigenvalue weighted by Gasteiger charge is 2.27. The van der Waals surface area contributed by atoms with Crippen LogP contribution in [-0.4, -0.2) is 38.9 Å². The van der Waals surface area contributed by atoms with Crippen LogP contribution in [0.4, 0.5) is 5.69 Å². The molecular weight excluding hydrogens is 470 g/mol. The van der Waals surface area contributed by atoms with Crippen LogP contribution < -0.4 is 9.62 Å². The molecule has 1 aliphatic heterocycles. The van der Waals surface area contributed by atoms with Crippen LogP contribution in [0.3, 0.4) is 0 Å². The Bertz CT molecular complexity index is 1290. The standard InChI is InChI=1S/C29H35N3O3S/c1-23-15-16-27(19-24(23)2)32(36(34,35)28-13-5-3-6-14-28)22-29(33)30-20-25-11-7-8-12-26(25)21-31-17-9-4-10-18-31/h3,5-8,11-16,19H,4,9-10,17-18,20-22H2,1-2H3,(H,30,33). The van der Waals surface area contributed by atoms with Crippen LogP contribution in [0.2, 0.25) is 0 Å². The molecule has 0 unspecified atom stereocenters. The number of amides is 1. The molecule has 1 saturated heterocycles. The number of benzene rings is 3. The van der Waals surface area contributed by atoms with E-state index >= 15 is 0 Å². The van der Waals surface area contributed by atoms with Crippen LogP contribution in [0.15, 0.2) is 77.7 Å². The van der Waals surface area contributed by atoms with E-state index < -0.39 is 10.0 Å². The molecule has 1 amide bonds. The summed E-state index contributed by atoms with van der Waals surface area (Å²) in [5, 5.41) is 2.96. The largest absolute Gasteiger partial charge is 0.350 e. The number of anilines is 1. The second-order valence-corrected chi connectivity index (χ2v) is 11.3. The third-order valence-corrected chi connectivity index (χ3v) is 8.62. The molecular formula is C29H35N3O3S. The molecule has 1 aliphatic rings. The van der Waals surface area contributed by atoms with E-state index in [0.29, 0.717) is 12.2 Å². The van der Waals surface area contributed by atoms with Gasteiger partial charge in [0.05, 0.1) is 10.6 Å². The number of carbonyl (C=O) groups excluding carboxylic acids is 1. The third-order valence-electron chi connectivity index (χ3n) is 6.83. The first-order valence-corrected chi connectivity index (χ1v) is 14.0. The number of carbonyl (C=O) groups is 1. The second kappa shape index (κ2) is 11.7. The minimum absolute atomic E-state index is 0.155. The van der Waals surface area contributed by atoms with E-state index in [1.54, 1.807) is 36.4 Å². The molecule has 1 N–H and O–H groups in total. The molecule has 0 aromatic heterocycles. The zero-order valence-corrected chi connectivity index (χ0v) is 21.9. The van der Waals surface area contributed by atoms with Crippen molar-refractivity contribution in [1.29, 1.82) is 0 Å². The normalized spacial score (nSPS) is 14.4. The maximum Gasteiger partial charge on any atom is 0.264 e. The van der Waals surface area contributed by atoms with Crippen molar-refractivity contribution in [2.75, 3.05) is 23.9 Å². The summed E-state index contributed by atoms with van der Waals surface area (Å²) >= 11 is 0. The Labute approximate surface area is 215 Å². The summed E-state index contributed by atoms with van der Waals surface area (Å²) < 4.78 is 28.3. The summed E-state index contributed by atoms with van der Waals surface area (Å²) in [6.07, 6.45) is 3.74. The van der Waals surface area contributed by atoms with Gasteiger partial charge in [0.15, 0.2) is 0 Å². The number of sulfonamides is 1. The second-order valence-electron chi connectivity index (χ2n) is 9.48. The van der Waals surface area contributed by atoms with Gasteiger partial charge in [-0.2, -0.15) is 0 Å². The van der Waals surface area contributed by atoms with Crippen molar-refractivity contribution in [3.05, 3.63) is 95.1 Å². The first-order chi connectivity index (χ1) is 17.3. The number of piperidine rings is 1. The van der Waals surface area contributed by atoms with E-state index in [2.05, 4.69) is 16.3 Å². The summed E-state index contributed by atoms with van der Waals surface area (Å²) in [6.45, 7) is 7.03. The highest BCUT2D eigenvalue weighted by molar-refractivity contribution is 7.92. The highest BCUT2D eigenvalue weighted by Crippen LogP contribution is 2.25. The van der Waals surface area contributed by atoms with E-state index in [9.17, 15) is 13.2 Å². The molecule has 0 radical (unpaired) electrons. The van der Waals surface area contributed by atoms with Gasteiger partial charge in [0.2, 0.25) is 5.91 Å². The summed E-state index contributed by atoms with van der Waals surface area (Å²) in [4.78, 5) is 15.7.